The summed E-state index contributed by atoms with van der Waals surface area (Å²) in [5.41, 5.74) is 6.57. The van der Waals surface area contributed by atoms with Crippen LogP contribution < -0.4 is 11.1 Å². The van der Waals surface area contributed by atoms with Gasteiger partial charge in [-0.15, -0.1) is 0 Å². The van der Waals surface area contributed by atoms with Crippen LogP contribution in [0, 0.1) is 16.7 Å². The van der Waals surface area contributed by atoms with E-state index in [1.54, 1.807) is 0 Å². The van der Waals surface area contributed by atoms with Gasteiger partial charge in [0.25, 0.3) is 0 Å². The van der Waals surface area contributed by atoms with E-state index in [4.69, 9.17) is 5.73 Å². The van der Waals surface area contributed by atoms with E-state index in [-0.39, 0.29) is 28.7 Å². The third kappa shape index (κ3) is 4.30. The van der Waals surface area contributed by atoms with Crippen LogP contribution in [-0.2, 0) is 4.79 Å². The van der Waals surface area contributed by atoms with E-state index in [0.29, 0.717) is 0 Å². The molecule has 3 N–H and O–H groups in total. The van der Waals surface area contributed by atoms with Crippen LogP contribution in [-0.4, -0.2) is 18.5 Å². The molecule has 2 atom stereocenters. The zero-order chi connectivity index (χ0) is 13.3. The standard InChI is InChI=1S/C14H28N2O/c1-10(2)12(17)16-9-14(5)7-11(15)6-13(3,4)8-14/h10-11H,6-9,15H2,1-5H3,(H,16,17)/t11-,14-/m0/s1. The summed E-state index contributed by atoms with van der Waals surface area (Å²) < 4.78 is 0. The summed E-state index contributed by atoms with van der Waals surface area (Å²) in [6.07, 6.45) is 3.22. The van der Waals surface area contributed by atoms with Crippen molar-refractivity contribution in [1.29, 1.82) is 0 Å². The average molecular weight is 240 g/mol. The van der Waals surface area contributed by atoms with Gasteiger partial charge in [-0.25, -0.2) is 0 Å². The van der Waals surface area contributed by atoms with Crippen molar-refractivity contribution < 1.29 is 4.79 Å². The fraction of sp³-hybridized carbons (Fsp3) is 0.929. The van der Waals surface area contributed by atoms with Gasteiger partial charge < -0.3 is 11.1 Å². The lowest BCUT2D eigenvalue weighted by atomic mass is 9.63. The first-order valence-corrected chi connectivity index (χ1v) is 6.67. The maximum absolute atomic E-state index is 11.6. The van der Waals surface area contributed by atoms with Crippen LogP contribution in [0.15, 0.2) is 0 Å². The molecule has 1 fully saturated rings. The third-order valence-corrected chi connectivity index (χ3v) is 3.69. The molecule has 0 aromatic heterocycles. The number of hydrogen-bond acceptors (Lipinski definition) is 2. The molecule has 3 heteroatoms. The second-order valence-corrected chi connectivity index (χ2v) is 7.19. The average Bonchev–Trinajstić information content (AvgIpc) is 2.09. The molecule has 0 radical (unpaired) electrons. The monoisotopic (exact) mass is 240 g/mol. The lowest BCUT2D eigenvalue weighted by molar-refractivity contribution is -0.124. The smallest absolute Gasteiger partial charge is 0.222 e. The summed E-state index contributed by atoms with van der Waals surface area (Å²) in [7, 11) is 0. The Hall–Kier alpha value is -0.570. The molecule has 0 aliphatic heterocycles. The Morgan fingerprint density at radius 3 is 2.41 bits per heavy atom. The van der Waals surface area contributed by atoms with E-state index in [2.05, 4.69) is 26.1 Å². The summed E-state index contributed by atoms with van der Waals surface area (Å²) >= 11 is 0. The van der Waals surface area contributed by atoms with Gasteiger partial charge in [-0.1, -0.05) is 34.6 Å². The van der Waals surface area contributed by atoms with Gasteiger partial charge in [0, 0.05) is 18.5 Å². The predicted molar refractivity (Wildman–Crippen MR) is 71.6 cm³/mol. The molecule has 1 amide bonds. The van der Waals surface area contributed by atoms with Crippen molar-refractivity contribution in [2.24, 2.45) is 22.5 Å². The Kier molecular flexibility index (Phi) is 4.23. The molecule has 0 aromatic rings. The Labute approximate surface area is 106 Å². The Balaban J connectivity index is 2.58. The van der Waals surface area contributed by atoms with E-state index < -0.39 is 0 Å². The highest BCUT2D eigenvalue weighted by molar-refractivity contribution is 5.77. The minimum Gasteiger partial charge on any atom is -0.355 e. The molecule has 1 aliphatic rings. The Bertz CT molecular complexity index is 286. The Morgan fingerprint density at radius 2 is 1.94 bits per heavy atom. The van der Waals surface area contributed by atoms with Crippen LogP contribution in [0.5, 0.6) is 0 Å². The van der Waals surface area contributed by atoms with Gasteiger partial charge in [0.2, 0.25) is 5.91 Å². The summed E-state index contributed by atoms with van der Waals surface area (Å²) in [4.78, 5) is 11.6. The number of carbonyl (C=O) groups is 1. The molecule has 0 spiro atoms. The first-order chi connectivity index (χ1) is 7.64. The molecule has 3 nitrogen and oxygen atoms in total. The van der Waals surface area contributed by atoms with E-state index in [1.807, 2.05) is 13.8 Å². The van der Waals surface area contributed by atoms with Crippen LogP contribution in [0.2, 0.25) is 0 Å². The highest BCUT2D eigenvalue weighted by atomic mass is 16.1. The normalized spacial score (nSPS) is 32.5. The lowest BCUT2D eigenvalue weighted by Gasteiger charge is -2.45. The molecule has 100 valence electrons. The summed E-state index contributed by atoms with van der Waals surface area (Å²) in [5.74, 6) is 0.201. The van der Waals surface area contributed by atoms with Gasteiger partial charge in [-0.3, -0.25) is 4.79 Å². The topological polar surface area (TPSA) is 55.1 Å². The van der Waals surface area contributed by atoms with Gasteiger partial charge in [-0.05, 0) is 30.1 Å². The maximum Gasteiger partial charge on any atom is 0.222 e. The zero-order valence-corrected chi connectivity index (χ0v) is 12.0. The number of hydrogen-bond donors (Lipinski definition) is 2. The fourth-order valence-electron chi connectivity index (χ4n) is 3.35. The van der Waals surface area contributed by atoms with Crippen molar-refractivity contribution in [3.63, 3.8) is 0 Å². The van der Waals surface area contributed by atoms with Crippen molar-refractivity contribution in [3.8, 4) is 0 Å². The van der Waals surface area contributed by atoms with Crippen molar-refractivity contribution in [3.05, 3.63) is 0 Å². The molecule has 1 saturated carbocycles. The second kappa shape index (κ2) is 4.97. The van der Waals surface area contributed by atoms with Crippen LogP contribution in [0.1, 0.15) is 53.9 Å². The number of nitrogens with two attached hydrogens (primary N) is 1. The molecule has 0 aromatic carbocycles. The molecule has 0 unspecified atom stereocenters. The van der Waals surface area contributed by atoms with E-state index in [0.717, 1.165) is 25.8 Å². The number of rotatable bonds is 3. The third-order valence-electron chi connectivity index (χ3n) is 3.69. The quantitative estimate of drug-likeness (QED) is 0.795. The number of amides is 1. The van der Waals surface area contributed by atoms with Crippen LogP contribution >= 0.6 is 0 Å². The molecule has 17 heavy (non-hydrogen) atoms. The summed E-state index contributed by atoms with van der Waals surface area (Å²) in [6, 6.07) is 0.264. The summed E-state index contributed by atoms with van der Waals surface area (Å²) in [6.45, 7) is 11.4. The highest BCUT2D eigenvalue weighted by Gasteiger charge is 2.40. The first kappa shape index (κ1) is 14.5. The maximum atomic E-state index is 11.6. The molecule has 0 bridgehead atoms. The summed E-state index contributed by atoms with van der Waals surface area (Å²) in [5, 5.41) is 3.06. The SMILES string of the molecule is CC(C)C(=O)NC[C@@]1(C)C[C@@H](N)CC(C)(C)C1. The fourth-order valence-corrected chi connectivity index (χ4v) is 3.35. The van der Waals surface area contributed by atoms with Gasteiger partial charge in [-0.2, -0.15) is 0 Å². The Morgan fingerprint density at radius 1 is 1.35 bits per heavy atom. The zero-order valence-electron chi connectivity index (χ0n) is 12.0. The van der Waals surface area contributed by atoms with Gasteiger partial charge >= 0.3 is 0 Å². The van der Waals surface area contributed by atoms with E-state index in [1.165, 1.54) is 0 Å². The number of nitrogens with one attached hydrogen (secondary N) is 1. The van der Waals surface area contributed by atoms with E-state index >= 15 is 0 Å². The minimum atomic E-state index is 0.0591. The van der Waals surface area contributed by atoms with Crippen LogP contribution in [0.3, 0.4) is 0 Å². The largest absolute Gasteiger partial charge is 0.355 e. The van der Waals surface area contributed by atoms with E-state index in [9.17, 15) is 4.79 Å². The van der Waals surface area contributed by atoms with Crippen LogP contribution in [0.25, 0.3) is 0 Å². The molecule has 0 heterocycles. The minimum absolute atomic E-state index is 0.0591. The number of carbonyl (C=O) groups excluding carboxylic acids is 1. The van der Waals surface area contributed by atoms with Crippen molar-refractivity contribution in [2.75, 3.05) is 6.54 Å². The van der Waals surface area contributed by atoms with Gasteiger partial charge in [0.1, 0.15) is 0 Å². The van der Waals surface area contributed by atoms with Crippen molar-refractivity contribution in [1.82, 2.24) is 5.32 Å². The van der Waals surface area contributed by atoms with Crippen molar-refractivity contribution >= 4 is 5.91 Å². The van der Waals surface area contributed by atoms with Crippen LogP contribution in [0.4, 0.5) is 0 Å². The lowest BCUT2D eigenvalue weighted by Crippen LogP contribution is -2.48. The molecule has 0 saturated heterocycles. The molecular weight excluding hydrogens is 212 g/mol. The van der Waals surface area contributed by atoms with Crippen molar-refractivity contribution in [2.45, 2.75) is 59.9 Å². The second-order valence-electron chi connectivity index (χ2n) is 7.19. The molecular formula is C14H28N2O. The predicted octanol–water partition coefficient (Wildman–Crippen LogP) is 2.30. The van der Waals surface area contributed by atoms with Gasteiger partial charge in [0.05, 0.1) is 0 Å². The van der Waals surface area contributed by atoms with Gasteiger partial charge in [0.15, 0.2) is 0 Å². The first-order valence-electron chi connectivity index (χ1n) is 6.67. The molecule has 1 rings (SSSR count). The molecule has 1 aliphatic carbocycles. The highest BCUT2D eigenvalue weighted by Crippen LogP contribution is 2.45.